The zero-order valence-electron chi connectivity index (χ0n) is 9.59. The summed E-state index contributed by atoms with van der Waals surface area (Å²) in [5.74, 6) is 1.04. The van der Waals surface area contributed by atoms with Crippen molar-refractivity contribution >= 4 is 21.7 Å². The van der Waals surface area contributed by atoms with Crippen molar-refractivity contribution in [3.63, 3.8) is 0 Å². The molecule has 2 fully saturated rings. The fraction of sp³-hybridized carbons (Fsp3) is 0.583. The van der Waals surface area contributed by atoms with E-state index in [0.717, 1.165) is 42.9 Å². The predicted molar refractivity (Wildman–Crippen MR) is 70.1 cm³/mol. The number of anilines is 1. The first kappa shape index (κ1) is 11.4. The van der Waals surface area contributed by atoms with E-state index in [1.165, 1.54) is 0 Å². The van der Waals surface area contributed by atoms with Crippen LogP contribution in [0.15, 0.2) is 22.8 Å². The second kappa shape index (κ2) is 4.55. The van der Waals surface area contributed by atoms with E-state index in [2.05, 4.69) is 30.7 Å². The molecule has 2 aliphatic rings. The Balaban J connectivity index is 1.72. The van der Waals surface area contributed by atoms with Crippen molar-refractivity contribution in [1.82, 2.24) is 9.88 Å². The summed E-state index contributed by atoms with van der Waals surface area (Å²) in [6.45, 7) is 3.84. The van der Waals surface area contributed by atoms with Crippen molar-refractivity contribution in [2.75, 3.05) is 31.1 Å². The Kier molecular flexibility index (Phi) is 3.06. The molecule has 92 valence electrons. The van der Waals surface area contributed by atoms with Crippen LogP contribution < -0.4 is 4.90 Å². The van der Waals surface area contributed by atoms with Gasteiger partial charge in [0.05, 0.1) is 6.10 Å². The molecule has 1 N–H and O–H groups in total. The molecule has 2 atom stereocenters. The monoisotopic (exact) mass is 297 g/mol. The lowest BCUT2D eigenvalue weighted by molar-refractivity contribution is 0.173. The van der Waals surface area contributed by atoms with Crippen LogP contribution in [-0.2, 0) is 0 Å². The van der Waals surface area contributed by atoms with Crippen LogP contribution in [0.25, 0.3) is 0 Å². The molecule has 2 saturated heterocycles. The molecule has 1 aromatic heterocycles. The Morgan fingerprint density at radius 2 is 2.18 bits per heavy atom. The van der Waals surface area contributed by atoms with Crippen LogP contribution in [0.1, 0.15) is 6.42 Å². The van der Waals surface area contributed by atoms with E-state index in [0.29, 0.717) is 6.04 Å². The summed E-state index contributed by atoms with van der Waals surface area (Å²) in [6, 6.07) is 4.56. The van der Waals surface area contributed by atoms with Gasteiger partial charge in [-0.25, -0.2) is 4.98 Å². The quantitative estimate of drug-likeness (QED) is 0.843. The molecule has 5 heteroatoms. The highest BCUT2D eigenvalue weighted by Crippen LogP contribution is 2.25. The molecule has 2 aliphatic heterocycles. The first-order valence-electron chi connectivity index (χ1n) is 6.01. The van der Waals surface area contributed by atoms with Gasteiger partial charge in [-0.3, -0.25) is 4.90 Å². The molecule has 4 nitrogen and oxygen atoms in total. The van der Waals surface area contributed by atoms with E-state index in [4.69, 9.17) is 0 Å². The zero-order chi connectivity index (χ0) is 11.8. The highest BCUT2D eigenvalue weighted by atomic mass is 79.9. The predicted octanol–water partition coefficient (Wildman–Crippen LogP) is 1.10. The first-order chi connectivity index (χ1) is 8.22. The van der Waals surface area contributed by atoms with Gasteiger partial charge in [0.25, 0.3) is 0 Å². The van der Waals surface area contributed by atoms with Crippen LogP contribution >= 0.6 is 15.9 Å². The van der Waals surface area contributed by atoms with Crippen LogP contribution in [0.2, 0.25) is 0 Å². The van der Waals surface area contributed by atoms with E-state index in [1.54, 1.807) is 0 Å². The fourth-order valence-electron chi connectivity index (χ4n) is 2.78. The zero-order valence-corrected chi connectivity index (χ0v) is 11.2. The number of piperazine rings is 1. The van der Waals surface area contributed by atoms with Crippen molar-refractivity contribution in [3.05, 3.63) is 22.8 Å². The third-order valence-corrected chi connectivity index (χ3v) is 4.10. The second-order valence-corrected chi connectivity index (χ2v) is 5.73. The van der Waals surface area contributed by atoms with E-state index in [-0.39, 0.29) is 6.10 Å². The molecule has 3 rings (SSSR count). The number of aliphatic hydroxyl groups is 1. The molecule has 0 aliphatic carbocycles. The minimum atomic E-state index is -0.141. The van der Waals surface area contributed by atoms with Crippen molar-refractivity contribution in [3.8, 4) is 0 Å². The summed E-state index contributed by atoms with van der Waals surface area (Å²) in [4.78, 5) is 9.13. The normalized spacial score (nSPS) is 29.4. The topological polar surface area (TPSA) is 39.6 Å². The summed E-state index contributed by atoms with van der Waals surface area (Å²) in [5, 5.41) is 9.67. The summed E-state index contributed by atoms with van der Waals surface area (Å²) in [5.41, 5.74) is 0. The minimum absolute atomic E-state index is 0.141. The lowest BCUT2D eigenvalue weighted by Gasteiger charge is -2.37. The van der Waals surface area contributed by atoms with E-state index in [9.17, 15) is 5.11 Å². The van der Waals surface area contributed by atoms with Gasteiger partial charge in [0.2, 0.25) is 0 Å². The third-order valence-electron chi connectivity index (χ3n) is 3.63. The van der Waals surface area contributed by atoms with Gasteiger partial charge in [-0.15, -0.1) is 0 Å². The van der Waals surface area contributed by atoms with Crippen LogP contribution in [0, 0.1) is 0 Å². The van der Waals surface area contributed by atoms with Gasteiger partial charge < -0.3 is 10.0 Å². The van der Waals surface area contributed by atoms with E-state index >= 15 is 0 Å². The summed E-state index contributed by atoms with van der Waals surface area (Å²) in [6.07, 6.45) is 2.59. The van der Waals surface area contributed by atoms with Gasteiger partial charge in [-0.1, -0.05) is 0 Å². The molecule has 0 aromatic carbocycles. The van der Waals surface area contributed by atoms with Crippen LogP contribution in [0.3, 0.4) is 0 Å². The van der Waals surface area contributed by atoms with Crippen LogP contribution in [0.5, 0.6) is 0 Å². The Hall–Kier alpha value is -0.650. The third kappa shape index (κ3) is 2.32. The molecule has 0 saturated carbocycles. The number of aromatic nitrogens is 1. The number of hydrogen-bond donors (Lipinski definition) is 1. The van der Waals surface area contributed by atoms with Crippen molar-refractivity contribution in [2.45, 2.75) is 18.6 Å². The van der Waals surface area contributed by atoms with Gasteiger partial charge >= 0.3 is 0 Å². The van der Waals surface area contributed by atoms with Crippen molar-refractivity contribution < 1.29 is 5.11 Å². The molecule has 3 heterocycles. The van der Waals surface area contributed by atoms with Crippen molar-refractivity contribution in [2.24, 2.45) is 0 Å². The molecular weight excluding hydrogens is 282 g/mol. The fourth-order valence-corrected chi connectivity index (χ4v) is 3.01. The standard InChI is InChI=1S/C12H16BrN3O/c13-9-1-2-12(14-6-9)16-4-3-15-8-11(17)5-10(15)7-16/h1-2,6,10-11,17H,3-5,7-8H2/t10-,11?/m0/s1. The lowest BCUT2D eigenvalue weighted by Crippen LogP contribution is -2.50. The largest absolute Gasteiger partial charge is 0.392 e. The Bertz CT molecular complexity index is 397. The van der Waals surface area contributed by atoms with Gasteiger partial charge in [0.15, 0.2) is 0 Å². The molecule has 1 unspecified atom stereocenters. The number of hydrogen-bond acceptors (Lipinski definition) is 4. The molecule has 17 heavy (non-hydrogen) atoms. The van der Waals surface area contributed by atoms with E-state index in [1.807, 2.05) is 18.3 Å². The minimum Gasteiger partial charge on any atom is -0.392 e. The van der Waals surface area contributed by atoms with Crippen LogP contribution in [-0.4, -0.2) is 53.3 Å². The Morgan fingerprint density at radius 3 is 2.94 bits per heavy atom. The Labute approximate surface area is 109 Å². The van der Waals surface area contributed by atoms with Gasteiger partial charge in [0.1, 0.15) is 5.82 Å². The number of halogens is 1. The smallest absolute Gasteiger partial charge is 0.128 e. The summed E-state index contributed by atoms with van der Waals surface area (Å²) >= 11 is 3.40. The van der Waals surface area contributed by atoms with E-state index < -0.39 is 0 Å². The number of fused-ring (bicyclic) bond motifs is 1. The molecule has 0 spiro atoms. The van der Waals surface area contributed by atoms with Crippen molar-refractivity contribution in [1.29, 1.82) is 0 Å². The molecular formula is C12H16BrN3O. The molecule has 0 radical (unpaired) electrons. The molecule has 0 bridgehead atoms. The van der Waals surface area contributed by atoms with Gasteiger partial charge in [-0.05, 0) is 34.5 Å². The maximum atomic E-state index is 9.67. The number of pyridine rings is 1. The second-order valence-electron chi connectivity index (χ2n) is 4.82. The van der Waals surface area contributed by atoms with Crippen LogP contribution in [0.4, 0.5) is 5.82 Å². The average Bonchev–Trinajstić information content (AvgIpc) is 2.69. The maximum Gasteiger partial charge on any atom is 0.128 e. The van der Waals surface area contributed by atoms with Gasteiger partial charge in [0, 0.05) is 42.9 Å². The first-order valence-corrected chi connectivity index (χ1v) is 6.80. The number of nitrogens with zero attached hydrogens (tertiary/aromatic N) is 3. The summed E-state index contributed by atoms with van der Waals surface area (Å²) in [7, 11) is 0. The SMILES string of the molecule is OC1C[C@H]2CN(c3ccc(Br)cn3)CCN2C1. The van der Waals surface area contributed by atoms with Gasteiger partial charge in [-0.2, -0.15) is 0 Å². The summed E-state index contributed by atoms with van der Waals surface area (Å²) < 4.78 is 1.01. The highest BCUT2D eigenvalue weighted by molar-refractivity contribution is 9.10. The number of aliphatic hydroxyl groups excluding tert-OH is 1. The Morgan fingerprint density at radius 1 is 1.29 bits per heavy atom. The average molecular weight is 298 g/mol. The lowest BCUT2D eigenvalue weighted by atomic mass is 10.1. The molecule has 1 aromatic rings. The molecule has 0 amide bonds. The highest BCUT2D eigenvalue weighted by Gasteiger charge is 2.35. The maximum absolute atomic E-state index is 9.67. The number of rotatable bonds is 1.